The van der Waals surface area contributed by atoms with E-state index in [1.807, 2.05) is 44.3 Å². The van der Waals surface area contributed by atoms with Crippen LogP contribution in [0.5, 0.6) is 0 Å². The van der Waals surface area contributed by atoms with Gasteiger partial charge < -0.3 is 18.9 Å². The van der Waals surface area contributed by atoms with Gasteiger partial charge in [-0.25, -0.2) is 0 Å². The Bertz CT molecular complexity index is 294. The molecule has 0 spiro atoms. The highest BCUT2D eigenvalue weighted by Crippen LogP contribution is 2.42. The lowest BCUT2D eigenvalue weighted by molar-refractivity contribution is -0.161. The lowest BCUT2D eigenvalue weighted by Gasteiger charge is -2.30. The number of thioether (sulfide) groups is 2. The van der Waals surface area contributed by atoms with E-state index in [1.54, 1.807) is 14.2 Å². The van der Waals surface area contributed by atoms with Gasteiger partial charge in [0.1, 0.15) is 18.3 Å². The first-order valence-electron chi connectivity index (χ1n) is 6.63. The first kappa shape index (κ1) is 15.9. The molecule has 0 aromatic heterocycles. The van der Waals surface area contributed by atoms with Crippen molar-refractivity contribution >= 4 is 23.5 Å². The summed E-state index contributed by atoms with van der Waals surface area (Å²) in [6.07, 6.45) is -0.160. The Morgan fingerprint density at radius 3 is 2.16 bits per heavy atom. The van der Waals surface area contributed by atoms with Crippen LogP contribution in [0.1, 0.15) is 20.8 Å². The van der Waals surface area contributed by atoms with Crippen LogP contribution in [0.25, 0.3) is 0 Å². The molecule has 112 valence electrons. The minimum absolute atomic E-state index is 0.0131. The summed E-state index contributed by atoms with van der Waals surface area (Å²) in [4.78, 5) is 0. The van der Waals surface area contributed by atoms with Crippen LogP contribution in [0.3, 0.4) is 0 Å². The number of methoxy groups -OCH3 is 2. The van der Waals surface area contributed by atoms with E-state index < -0.39 is 5.79 Å². The fourth-order valence-corrected chi connectivity index (χ4v) is 5.64. The Morgan fingerprint density at radius 2 is 1.63 bits per heavy atom. The predicted molar refractivity (Wildman–Crippen MR) is 79.8 cm³/mol. The van der Waals surface area contributed by atoms with Gasteiger partial charge in [0.25, 0.3) is 0 Å². The third-order valence-electron chi connectivity index (χ3n) is 3.51. The van der Waals surface area contributed by atoms with Gasteiger partial charge in [0.05, 0.1) is 10.7 Å². The monoisotopic (exact) mass is 308 g/mol. The van der Waals surface area contributed by atoms with Gasteiger partial charge in [-0.15, -0.1) is 23.5 Å². The summed E-state index contributed by atoms with van der Waals surface area (Å²) in [7, 11) is 3.46. The smallest absolute Gasteiger partial charge is 0.164 e. The van der Waals surface area contributed by atoms with E-state index in [-0.39, 0.29) is 24.4 Å². The van der Waals surface area contributed by atoms with Crippen LogP contribution in [0.2, 0.25) is 0 Å². The van der Waals surface area contributed by atoms with Gasteiger partial charge in [0.2, 0.25) is 0 Å². The highest BCUT2D eigenvalue weighted by atomic mass is 32.2. The van der Waals surface area contributed by atoms with Gasteiger partial charge in [0, 0.05) is 25.7 Å². The lowest BCUT2D eigenvalue weighted by Crippen LogP contribution is -2.46. The largest absolute Gasteiger partial charge is 0.379 e. The van der Waals surface area contributed by atoms with Gasteiger partial charge >= 0.3 is 0 Å². The molecule has 2 fully saturated rings. The average molecular weight is 308 g/mol. The molecule has 2 heterocycles. The number of hydrogen-bond donors (Lipinski definition) is 0. The molecule has 4 atom stereocenters. The molecule has 19 heavy (non-hydrogen) atoms. The Balaban J connectivity index is 2.13. The van der Waals surface area contributed by atoms with Crippen LogP contribution in [-0.4, -0.2) is 60.5 Å². The van der Waals surface area contributed by atoms with Gasteiger partial charge in [0.15, 0.2) is 5.79 Å². The van der Waals surface area contributed by atoms with Gasteiger partial charge in [-0.3, -0.25) is 0 Å². The summed E-state index contributed by atoms with van der Waals surface area (Å²) < 4.78 is 23.7. The van der Waals surface area contributed by atoms with E-state index in [0.717, 1.165) is 0 Å². The van der Waals surface area contributed by atoms with Crippen molar-refractivity contribution in [1.29, 1.82) is 0 Å². The molecule has 4 nitrogen and oxygen atoms in total. The zero-order chi connectivity index (χ0) is 14.0. The fraction of sp³-hybridized carbons (Fsp3) is 1.00. The standard InChI is InChI=1S/C13H24O4S2/c1-8(14-4)9-10(17-13(2,3)16-9)11(15-5)12-18-6-7-19-12/h8-12H,6-7H2,1-5H3/t8-,9-,10+,11+/m0/s1. The summed E-state index contributed by atoms with van der Waals surface area (Å²) in [5.74, 6) is 1.78. The van der Waals surface area contributed by atoms with Crippen LogP contribution in [0.15, 0.2) is 0 Å². The first-order valence-corrected chi connectivity index (χ1v) is 8.72. The van der Waals surface area contributed by atoms with Crippen LogP contribution in [0, 0.1) is 0 Å². The van der Waals surface area contributed by atoms with Crippen molar-refractivity contribution in [2.75, 3.05) is 25.7 Å². The lowest BCUT2D eigenvalue weighted by atomic mass is 10.0. The summed E-state index contributed by atoms with van der Waals surface area (Å²) in [6, 6.07) is 0. The Morgan fingerprint density at radius 1 is 1.05 bits per heavy atom. The second kappa shape index (κ2) is 6.54. The third kappa shape index (κ3) is 3.60. The van der Waals surface area contributed by atoms with Gasteiger partial charge in [-0.05, 0) is 20.8 Å². The molecular weight excluding hydrogens is 284 g/mol. The van der Waals surface area contributed by atoms with E-state index in [2.05, 4.69) is 0 Å². The molecule has 0 aromatic carbocycles. The number of hydrogen-bond acceptors (Lipinski definition) is 6. The molecule has 0 bridgehead atoms. The molecule has 0 aromatic rings. The van der Waals surface area contributed by atoms with Crippen molar-refractivity contribution in [3.8, 4) is 0 Å². The molecule has 2 saturated heterocycles. The van der Waals surface area contributed by atoms with Gasteiger partial charge in [-0.2, -0.15) is 0 Å². The Hall–Kier alpha value is 0.540. The molecule has 0 unspecified atom stereocenters. The summed E-state index contributed by atoms with van der Waals surface area (Å²) in [6.45, 7) is 5.91. The molecule has 0 saturated carbocycles. The number of ether oxygens (including phenoxy) is 4. The number of rotatable bonds is 5. The van der Waals surface area contributed by atoms with E-state index in [4.69, 9.17) is 18.9 Å². The summed E-state index contributed by atoms with van der Waals surface area (Å²) >= 11 is 3.89. The maximum Gasteiger partial charge on any atom is 0.164 e. The van der Waals surface area contributed by atoms with E-state index >= 15 is 0 Å². The zero-order valence-electron chi connectivity index (χ0n) is 12.3. The molecule has 0 aliphatic carbocycles. The predicted octanol–water partition coefficient (Wildman–Crippen LogP) is 2.36. The molecular formula is C13H24O4S2. The average Bonchev–Trinajstić information content (AvgIpc) is 2.98. The maximum atomic E-state index is 6.10. The van der Waals surface area contributed by atoms with Crippen LogP contribution in [-0.2, 0) is 18.9 Å². The van der Waals surface area contributed by atoms with Crippen LogP contribution in [0.4, 0.5) is 0 Å². The fourth-order valence-electron chi connectivity index (χ4n) is 2.53. The zero-order valence-corrected chi connectivity index (χ0v) is 13.9. The van der Waals surface area contributed by atoms with Crippen molar-refractivity contribution in [2.24, 2.45) is 0 Å². The van der Waals surface area contributed by atoms with E-state index in [0.29, 0.717) is 4.58 Å². The first-order chi connectivity index (χ1) is 8.98. The van der Waals surface area contributed by atoms with E-state index in [1.165, 1.54) is 11.5 Å². The second-order valence-corrected chi connectivity index (χ2v) is 8.11. The minimum atomic E-state index is -0.577. The quantitative estimate of drug-likeness (QED) is 0.776. The maximum absolute atomic E-state index is 6.10. The Kier molecular flexibility index (Phi) is 5.48. The van der Waals surface area contributed by atoms with Crippen molar-refractivity contribution in [1.82, 2.24) is 0 Å². The van der Waals surface area contributed by atoms with Crippen molar-refractivity contribution in [3.63, 3.8) is 0 Å². The van der Waals surface area contributed by atoms with E-state index in [9.17, 15) is 0 Å². The molecule has 6 heteroatoms. The normalized spacial score (nSPS) is 34.6. The second-order valence-electron chi connectivity index (χ2n) is 5.32. The molecule has 2 rings (SSSR count). The highest BCUT2D eigenvalue weighted by molar-refractivity contribution is 8.20. The molecule has 0 radical (unpaired) electrons. The molecule has 2 aliphatic rings. The Labute approximate surface area is 124 Å². The van der Waals surface area contributed by atoms with Crippen molar-refractivity contribution in [3.05, 3.63) is 0 Å². The third-order valence-corrected chi connectivity index (χ3v) is 6.66. The molecule has 0 N–H and O–H groups in total. The SMILES string of the molecule is CO[C@@H](C)[C@@H]1OC(C)(C)O[C@H]1[C@@H](OC)C1SCCS1. The highest BCUT2D eigenvalue weighted by Gasteiger charge is 2.50. The van der Waals surface area contributed by atoms with Crippen molar-refractivity contribution in [2.45, 2.75) is 55.6 Å². The summed E-state index contributed by atoms with van der Waals surface area (Å²) in [5, 5.41) is 0. The molecule has 2 aliphatic heterocycles. The molecule has 0 amide bonds. The van der Waals surface area contributed by atoms with Crippen molar-refractivity contribution < 1.29 is 18.9 Å². The topological polar surface area (TPSA) is 36.9 Å². The minimum Gasteiger partial charge on any atom is -0.379 e. The van der Waals surface area contributed by atoms with Crippen LogP contribution >= 0.6 is 23.5 Å². The van der Waals surface area contributed by atoms with Gasteiger partial charge in [-0.1, -0.05) is 0 Å². The van der Waals surface area contributed by atoms with Crippen LogP contribution < -0.4 is 0 Å². The summed E-state index contributed by atoms with van der Waals surface area (Å²) in [5.41, 5.74) is 0.